The van der Waals surface area contributed by atoms with E-state index in [-0.39, 0.29) is 11.4 Å². The first-order valence-corrected chi connectivity index (χ1v) is 3.52. The average molecular weight is 162 g/mol. The summed E-state index contributed by atoms with van der Waals surface area (Å²) < 4.78 is 0. The van der Waals surface area contributed by atoms with Gasteiger partial charge in [-0.15, -0.1) is 11.6 Å². The molecule has 1 aliphatic rings. The highest BCUT2D eigenvalue weighted by molar-refractivity contribution is 6.21. The van der Waals surface area contributed by atoms with E-state index in [1.54, 1.807) is 0 Å². The molecule has 0 saturated carbocycles. The van der Waals surface area contributed by atoms with Crippen LogP contribution in [0, 0.1) is 0 Å². The lowest BCUT2D eigenvalue weighted by atomic mass is 10.2. The highest BCUT2D eigenvalue weighted by Gasteiger charge is 2.28. The van der Waals surface area contributed by atoms with Gasteiger partial charge in [-0.05, 0) is 6.42 Å². The Balaban J connectivity index is 2.56. The molecule has 0 aliphatic carbocycles. The maximum absolute atomic E-state index is 10.3. The minimum absolute atomic E-state index is 0.0552. The number of rotatable bonds is 2. The Bertz CT molecular complexity index is 135. The molecule has 0 radical (unpaired) electrons. The summed E-state index contributed by atoms with van der Waals surface area (Å²) in [7, 11) is 0. The second kappa shape index (κ2) is 3.01. The standard InChI is InChI=1S/C6H8ClNO2/c7-5-1-6(3-9)8(2-5)4-10/h3-6H,1-2H2/t5-,6+/m1/s1. The molecule has 0 bridgehead atoms. The fourth-order valence-electron chi connectivity index (χ4n) is 1.09. The van der Waals surface area contributed by atoms with Crippen molar-refractivity contribution in [2.24, 2.45) is 0 Å². The van der Waals surface area contributed by atoms with Crippen LogP contribution in [0.4, 0.5) is 0 Å². The smallest absolute Gasteiger partial charge is 0.210 e. The number of aldehydes is 1. The molecular weight excluding hydrogens is 154 g/mol. The maximum Gasteiger partial charge on any atom is 0.210 e. The van der Waals surface area contributed by atoms with Gasteiger partial charge in [0, 0.05) is 6.54 Å². The Morgan fingerprint density at radius 3 is 2.60 bits per heavy atom. The topological polar surface area (TPSA) is 37.4 Å². The van der Waals surface area contributed by atoms with Crippen molar-refractivity contribution in [2.45, 2.75) is 17.8 Å². The Kier molecular flexibility index (Phi) is 2.27. The van der Waals surface area contributed by atoms with E-state index >= 15 is 0 Å². The van der Waals surface area contributed by atoms with Gasteiger partial charge in [0.1, 0.15) is 6.29 Å². The van der Waals surface area contributed by atoms with E-state index < -0.39 is 0 Å². The van der Waals surface area contributed by atoms with Crippen LogP contribution in [0.2, 0.25) is 0 Å². The van der Waals surface area contributed by atoms with E-state index in [1.165, 1.54) is 4.90 Å². The van der Waals surface area contributed by atoms with Crippen LogP contribution < -0.4 is 0 Å². The first-order valence-electron chi connectivity index (χ1n) is 3.08. The molecule has 1 saturated heterocycles. The minimum Gasteiger partial charge on any atom is -0.334 e. The molecule has 56 valence electrons. The number of alkyl halides is 1. The first kappa shape index (κ1) is 7.54. The Morgan fingerprint density at radius 1 is 1.50 bits per heavy atom. The molecule has 1 rings (SSSR count). The van der Waals surface area contributed by atoms with Crippen LogP contribution in [0.25, 0.3) is 0 Å². The van der Waals surface area contributed by atoms with Crippen LogP contribution >= 0.6 is 11.6 Å². The quantitative estimate of drug-likeness (QED) is 0.423. The van der Waals surface area contributed by atoms with Crippen LogP contribution in [0.15, 0.2) is 0 Å². The largest absolute Gasteiger partial charge is 0.334 e. The molecule has 1 fully saturated rings. The van der Waals surface area contributed by atoms with Crippen molar-refractivity contribution < 1.29 is 9.59 Å². The molecule has 4 heteroatoms. The van der Waals surface area contributed by atoms with Crippen molar-refractivity contribution in [3.8, 4) is 0 Å². The lowest BCUT2D eigenvalue weighted by molar-refractivity contribution is -0.123. The monoisotopic (exact) mass is 161 g/mol. The van der Waals surface area contributed by atoms with Crippen molar-refractivity contribution in [1.82, 2.24) is 4.90 Å². The van der Waals surface area contributed by atoms with E-state index in [1.807, 2.05) is 0 Å². The van der Waals surface area contributed by atoms with Crippen molar-refractivity contribution in [1.29, 1.82) is 0 Å². The predicted octanol–water partition coefficient (Wildman–Crippen LogP) is 0.0234. The van der Waals surface area contributed by atoms with Crippen LogP contribution in [-0.2, 0) is 9.59 Å². The lowest BCUT2D eigenvalue weighted by Gasteiger charge is -2.11. The molecule has 1 amide bonds. The Morgan fingerprint density at radius 2 is 2.20 bits per heavy atom. The van der Waals surface area contributed by atoms with Crippen molar-refractivity contribution in [2.75, 3.05) is 6.54 Å². The fourth-order valence-corrected chi connectivity index (χ4v) is 1.43. The highest BCUT2D eigenvalue weighted by Crippen LogP contribution is 2.18. The van der Waals surface area contributed by atoms with Gasteiger partial charge in [0.25, 0.3) is 0 Å². The number of nitrogens with zero attached hydrogens (tertiary/aromatic N) is 1. The van der Waals surface area contributed by atoms with Crippen molar-refractivity contribution in [3.05, 3.63) is 0 Å². The Hall–Kier alpha value is -0.570. The van der Waals surface area contributed by atoms with Crippen LogP contribution in [0.3, 0.4) is 0 Å². The average Bonchev–Trinajstić information content (AvgIpc) is 2.30. The third-order valence-corrected chi connectivity index (χ3v) is 1.94. The molecule has 10 heavy (non-hydrogen) atoms. The van der Waals surface area contributed by atoms with Gasteiger partial charge in [-0.3, -0.25) is 4.79 Å². The van der Waals surface area contributed by atoms with Gasteiger partial charge in [0.15, 0.2) is 0 Å². The van der Waals surface area contributed by atoms with Crippen molar-refractivity contribution >= 4 is 24.3 Å². The van der Waals surface area contributed by atoms with Gasteiger partial charge in [0.2, 0.25) is 6.41 Å². The minimum atomic E-state index is -0.292. The highest BCUT2D eigenvalue weighted by atomic mass is 35.5. The molecule has 0 unspecified atom stereocenters. The number of carbonyl (C=O) groups excluding carboxylic acids is 2. The van der Waals surface area contributed by atoms with Crippen LogP contribution in [0.1, 0.15) is 6.42 Å². The number of hydrogen-bond donors (Lipinski definition) is 0. The summed E-state index contributed by atoms with van der Waals surface area (Å²) in [4.78, 5) is 21.9. The summed E-state index contributed by atoms with van der Waals surface area (Å²) in [6, 6.07) is -0.292. The zero-order chi connectivity index (χ0) is 7.56. The summed E-state index contributed by atoms with van der Waals surface area (Å²) in [6.45, 7) is 0.495. The third kappa shape index (κ3) is 1.29. The molecule has 0 spiro atoms. The molecule has 3 nitrogen and oxygen atoms in total. The third-order valence-electron chi connectivity index (χ3n) is 1.62. The van der Waals surface area contributed by atoms with Crippen LogP contribution in [0.5, 0.6) is 0 Å². The maximum atomic E-state index is 10.3. The lowest BCUT2D eigenvalue weighted by Crippen LogP contribution is -2.28. The summed E-state index contributed by atoms with van der Waals surface area (Å²) in [5.41, 5.74) is 0. The summed E-state index contributed by atoms with van der Waals surface area (Å²) in [5, 5.41) is -0.0552. The zero-order valence-electron chi connectivity index (χ0n) is 5.37. The van der Waals surface area contributed by atoms with E-state index in [0.29, 0.717) is 19.4 Å². The van der Waals surface area contributed by atoms with E-state index in [0.717, 1.165) is 6.29 Å². The fraction of sp³-hybridized carbons (Fsp3) is 0.667. The van der Waals surface area contributed by atoms with Gasteiger partial charge in [-0.1, -0.05) is 0 Å². The van der Waals surface area contributed by atoms with E-state index in [4.69, 9.17) is 11.6 Å². The number of likely N-dealkylation sites (tertiary alicyclic amines) is 1. The van der Waals surface area contributed by atoms with Gasteiger partial charge >= 0.3 is 0 Å². The molecule has 2 atom stereocenters. The molecule has 1 aliphatic heterocycles. The SMILES string of the molecule is O=C[C@@H]1C[C@@H](Cl)CN1C=O. The molecular formula is C6H8ClNO2. The predicted molar refractivity (Wildman–Crippen MR) is 36.9 cm³/mol. The van der Waals surface area contributed by atoms with Gasteiger partial charge in [-0.2, -0.15) is 0 Å². The van der Waals surface area contributed by atoms with Crippen LogP contribution in [-0.4, -0.2) is 35.6 Å². The molecule has 0 aromatic rings. The molecule has 1 heterocycles. The second-order valence-corrected chi connectivity index (χ2v) is 2.96. The Labute approximate surface area is 63.9 Å². The van der Waals surface area contributed by atoms with Crippen molar-refractivity contribution in [3.63, 3.8) is 0 Å². The number of carbonyl (C=O) groups is 2. The van der Waals surface area contributed by atoms with E-state index in [9.17, 15) is 9.59 Å². The van der Waals surface area contributed by atoms with Gasteiger partial charge in [0.05, 0.1) is 11.4 Å². The van der Waals surface area contributed by atoms with E-state index in [2.05, 4.69) is 0 Å². The summed E-state index contributed by atoms with van der Waals surface area (Å²) in [6.07, 6.45) is 2.02. The second-order valence-electron chi connectivity index (χ2n) is 2.34. The number of hydrogen-bond acceptors (Lipinski definition) is 2. The zero-order valence-corrected chi connectivity index (χ0v) is 6.12. The van der Waals surface area contributed by atoms with Gasteiger partial charge < -0.3 is 9.69 Å². The number of halogens is 1. The summed E-state index contributed by atoms with van der Waals surface area (Å²) in [5.74, 6) is 0. The molecule has 0 aromatic carbocycles. The molecule has 0 N–H and O–H groups in total. The van der Waals surface area contributed by atoms with Gasteiger partial charge in [-0.25, -0.2) is 0 Å². The number of amides is 1. The first-order chi connectivity index (χ1) is 4.77. The normalized spacial score (nSPS) is 32.3. The summed E-state index contributed by atoms with van der Waals surface area (Å²) >= 11 is 5.70. The molecule has 0 aromatic heterocycles.